The van der Waals surface area contributed by atoms with E-state index < -0.39 is 11.6 Å². The molecule has 2 fully saturated rings. The van der Waals surface area contributed by atoms with Crippen LogP contribution in [0.2, 0.25) is 0 Å². The Bertz CT molecular complexity index is 507. The Morgan fingerprint density at radius 1 is 1.24 bits per heavy atom. The Kier molecular flexibility index (Phi) is 4.19. The standard InChI is InChI=1S/C15H19FN2O3/c16-12-3-1-2-4-13(12)17-14(19)11-18-7-5-15(6-8-18)20-9-10-21-15/h1-4H,5-11H2,(H,17,19). The topological polar surface area (TPSA) is 50.8 Å². The number of nitrogens with one attached hydrogen (secondary N) is 1. The molecule has 5 nitrogen and oxygen atoms in total. The number of nitrogens with zero attached hydrogens (tertiary/aromatic N) is 1. The molecule has 0 bridgehead atoms. The molecule has 21 heavy (non-hydrogen) atoms. The highest BCUT2D eigenvalue weighted by Gasteiger charge is 2.39. The number of rotatable bonds is 3. The van der Waals surface area contributed by atoms with Crippen LogP contribution in [0.1, 0.15) is 12.8 Å². The van der Waals surface area contributed by atoms with Crippen LogP contribution in [0.5, 0.6) is 0 Å². The molecule has 0 radical (unpaired) electrons. The van der Waals surface area contributed by atoms with Crippen molar-refractivity contribution < 1.29 is 18.7 Å². The molecule has 114 valence electrons. The minimum Gasteiger partial charge on any atom is -0.347 e. The van der Waals surface area contributed by atoms with Gasteiger partial charge in [0, 0.05) is 25.9 Å². The molecule has 3 rings (SSSR count). The van der Waals surface area contributed by atoms with Gasteiger partial charge in [-0.15, -0.1) is 0 Å². The van der Waals surface area contributed by atoms with Gasteiger partial charge in [-0.2, -0.15) is 0 Å². The molecule has 0 aromatic heterocycles. The molecular formula is C15H19FN2O3. The fourth-order valence-electron chi connectivity index (χ4n) is 2.79. The maximum Gasteiger partial charge on any atom is 0.238 e. The Morgan fingerprint density at radius 2 is 1.90 bits per heavy atom. The molecule has 2 aliphatic heterocycles. The van der Waals surface area contributed by atoms with Crippen LogP contribution in [0, 0.1) is 5.82 Å². The van der Waals surface area contributed by atoms with E-state index in [-0.39, 0.29) is 18.1 Å². The normalized spacial score (nSPS) is 21.6. The third-order valence-electron chi connectivity index (χ3n) is 3.95. The van der Waals surface area contributed by atoms with E-state index in [4.69, 9.17) is 9.47 Å². The van der Waals surface area contributed by atoms with Crippen LogP contribution in [0.15, 0.2) is 24.3 Å². The smallest absolute Gasteiger partial charge is 0.238 e. The van der Waals surface area contributed by atoms with Crippen molar-refractivity contribution in [3.8, 4) is 0 Å². The van der Waals surface area contributed by atoms with Crippen LogP contribution in [0.25, 0.3) is 0 Å². The summed E-state index contributed by atoms with van der Waals surface area (Å²) in [5, 5.41) is 2.60. The monoisotopic (exact) mass is 294 g/mol. The van der Waals surface area contributed by atoms with Crippen molar-refractivity contribution in [2.24, 2.45) is 0 Å². The lowest BCUT2D eigenvalue weighted by atomic mass is 10.0. The zero-order valence-corrected chi connectivity index (χ0v) is 11.8. The maximum absolute atomic E-state index is 13.5. The summed E-state index contributed by atoms with van der Waals surface area (Å²) >= 11 is 0. The average Bonchev–Trinajstić information content (AvgIpc) is 2.93. The third kappa shape index (κ3) is 3.40. The van der Waals surface area contributed by atoms with Crippen LogP contribution < -0.4 is 5.32 Å². The van der Waals surface area contributed by atoms with Gasteiger partial charge < -0.3 is 14.8 Å². The lowest BCUT2D eigenvalue weighted by Gasteiger charge is -2.37. The van der Waals surface area contributed by atoms with Crippen LogP contribution in [0.3, 0.4) is 0 Å². The Labute approximate surface area is 123 Å². The first-order valence-corrected chi connectivity index (χ1v) is 7.22. The van der Waals surface area contributed by atoms with E-state index in [9.17, 15) is 9.18 Å². The Morgan fingerprint density at radius 3 is 2.57 bits per heavy atom. The second kappa shape index (κ2) is 6.09. The predicted octanol–water partition coefficient (Wildman–Crippen LogP) is 1.60. The zero-order chi connectivity index (χ0) is 14.7. The molecule has 2 saturated heterocycles. The van der Waals surface area contributed by atoms with E-state index in [2.05, 4.69) is 5.32 Å². The fraction of sp³-hybridized carbons (Fsp3) is 0.533. The van der Waals surface area contributed by atoms with Crippen molar-refractivity contribution in [2.45, 2.75) is 18.6 Å². The maximum atomic E-state index is 13.5. The molecule has 0 atom stereocenters. The number of hydrogen-bond acceptors (Lipinski definition) is 4. The van der Waals surface area contributed by atoms with Crippen LogP contribution in [-0.4, -0.2) is 49.4 Å². The lowest BCUT2D eigenvalue weighted by molar-refractivity contribution is -0.185. The second-order valence-corrected chi connectivity index (χ2v) is 5.41. The first-order chi connectivity index (χ1) is 10.2. The molecule has 1 aromatic carbocycles. The number of para-hydroxylation sites is 1. The molecule has 0 saturated carbocycles. The van der Waals surface area contributed by atoms with Gasteiger partial charge in [0.25, 0.3) is 0 Å². The average molecular weight is 294 g/mol. The number of piperidine rings is 1. The number of benzene rings is 1. The van der Waals surface area contributed by atoms with Crippen molar-refractivity contribution in [3.63, 3.8) is 0 Å². The van der Waals surface area contributed by atoms with Crippen molar-refractivity contribution in [2.75, 3.05) is 38.2 Å². The van der Waals surface area contributed by atoms with Gasteiger partial charge in [0.2, 0.25) is 5.91 Å². The highest BCUT2D eigenvalue weighted by atomic mass is 19.1. The lowest BCUT2D eigenvalue weighted by Crippen LogP contribution is -2.47. The van der Waals surface area contributed by atoms with Gasteiger partial charge in [-0.3, -0.25) is 9.69 Å². The number of carbonyl (C=O) groups excluding carboxylic acids is 1. The van der Waals surface area contributed by atoms with Crippen molar-refractivity contribution in [3.05, 3.63) is 30.1 Å². The summed E-state index contributed by atoms with van der Waals surface area (Å²) in [6.45, 7) is 3.03. The largest absolute Gasteiger partial charge is 0.347 e. The molecule has 1 aromatic rings. The quantitative estimate of drug-likeness (QED) is 0.920. The minimum absolute atomic E-state index is 0.204. The van der Waals surface area contributed by atoms with Gasteiger partial charge >= 0.3 is 0 Å². The molecular weight excluding hydrogens is 275 g/mol. The van der Waals surface area contributed by atoms with E-state index in [0.29, 0.717) is 13.2 Å². The number of amides is 1. The second-order valence-electron chi connectivity index (χ2n) is 5.41. The fourth-order valence-corrected chi connectivity index (χ4v) is 2.79. The van der Waals surface area contributed by atoms with Gasteiger partial charge in [0.15, 0.2) is 5.79 Å². The van der Waals surface area contributed by atoms with Crippen molar-refractivity contribution in [1.82, 2.24) is 4.90 Å². The number of carbonyl (C=O) groups is 1. The number of likely N-dealkylation sites (tertiary alicyclic amines) is 1. The van der Waals surface area contributed by atoms with Gasteiger partial charge in [-0.1, -0.05) is 12.1 Å². The van der Waals surface area contributed by atoms with Crippen molar-refractivity contribution in [1.29, 1.82) is 0 Å². The molecule has 1 amide bonds. The molecule has 2 heterocycles. The van der Waals surface area contributed by atoms with E-state index in [1.54, 1.807) is 18.2 Å². The molecule has 0 aliphatic carbocycles. The first-order valence-electron chi connectivity index (χ1n) is 7.22. The summed E-state index contributed by atoms with van der Waals surface area (Å²) in [5.41, 5.74) is 0.221. The molecule has 1 spiro atoms. The van der Waals surface area contributed by atoms with Crippen LogP contribution in [-0.2, 0) is 14.3 Å². The highest BCUT2D eigenvalue weighted by molar-refractivity contribution is 5.92. The number of ether oxygens (including phenoxy) is 2. The summed E-state index contributed by atoms with van der Waals surface area (Å²) in [5.74, 6) is -1.06. The van der Waals surface area contributed by atoms with E-state index in [0.717, 1.165) is 25.9 Å². The van der Waals surface area contributed by atoms with E-state index in [1.807, 2.05) is 4.90 Å². The summed E-state index contributed by atoms with van der Waals surface area (Å²) in [4.78, 5) is 14.0. The van der Waals surface area contributed by atoms with Crippen molar-refractivity contribution >= 4 is 11.6 Å². The number of anilines is 1. The highest BCUT2D eigenvalue weighted by Crippen LogP contribution is 2.31. The van der Waals surface area contributed by atoms with Crippen LogP contribution >= 0.6 is 0 Å². The minimum atomic E-state index is -0.432. The van der Waals surface area contributed by atoms with Gasteiger partial charge in [0.05, 0.1) is 25.4 Å². The molecule has 0 unspecified atom stereocenters. The summed E-state index contributed by atoms with van der Waals surface area (Å²) in [6.07, 6.45) is 1.53. The summed E-state index contributed by atoms with van der Waals surface area (Å²) < 4.78 is 24.8. The van der Waals surface area contributed by atoms with E-state index in [1.165, 1.54) is 6.07 Å². The van der Waals surface area contributed by atoms with Gasteiger partial charge in [0.1, 0.15) is 5.82 Å². The SMILES string of the molecule is O=C(CN1CCC2(CC1)OCCO2)Nc1ccccc1F. The first kappa shape index (κ1) is 14.4. The molecule has 2 aliphatic rings. The van der Waals surface area contributed by atoms with Crippen LogP contribution in [0.4, 0.5) is 10.1 Å². The summed E-state index contributed by atoms with van der Waals surface area (Å²) in [6, 6.07) is 6.17. The number of halogens is 1. The molecule has 1 N–H and O–H groups in total. The number of hydrogen-bond donors (Lipinski definition) is 1. The van der Waals surface area contributed by atoms with Gasteiger partial charge in [-0.05, 0) is 12.1 Å². The zero-order valence-electron chi connectivity index (χ0n) is 11.8. The Hall–Kier alpha value is -1.50. The Balaban J connectivity index is 1.49. The molecule has 6 heteroatoms. The third-order valence-corrected chi connectivity index (χ3v) is 3.95. The van der Waals surface area contributed by atoms with Gasteiger partial charge in [-0.25, -0.2) is 4.39 Å². The predicted molar refractivity (Wildman–Crippen MR) is 75.3 cm³/mol. The van der Waals surface area contributed by atoms with E-state index >= 15 is 0 Å². The summed E-state index contributed by atoms with van der Waals surface area (Å²) in [7, 11) is 0.